The summed E-state index contributed by atoms with van der Waals surface area (Å²) in [4.78, 5) is 22.3. The van der Waals surface area contributed by atoms with Crippen LogP contribution in [0.4, 0.5) is 8.78 Å². The number of amides is 1. The summed E-state index contributed by atoms with van der Waals surface area (Å²) in [6, 6.07) is -2.51. The van der Waals surface area contributed by atoms with Crippen molar-refractivity contribution in [1.29, 1.82) is 0 Å². The summed E-state index contributed by atoms with van der Waals surface area (Å²) < 4.78 is 25.9. The van der Waals surface area contributed by atoms with E-state index in [1.165, 1.54) is 13.8 Å². The highest BCUT2D eigenvalue weighted by atomic mass is 19.3. The van der Waals surface area contributed by atoms with E-state index in [4.69, 9.17) is 16.6 Å². The van der Waals surface area contributed by atoms with Crippen LogP contribution in [-0.2, 0) is 9.59 Å². The third-order valence-corrected chi connectivity index (χ3v) is 2.47. The van der Waals surface area contributed by atoms with Gasteiger partial charge in [-0.25, -0.2) is 13.6 Å². The van der Waals surface area contributed by atoms with Crippen LogP contribution in [0.1, 0.15) is 20.3 Å². The fourth-order valence-electron chi connectivity index (χ4n) is 1.25. The van der Waals surface area contributed by atoms with Gasteiger partial charge in [-0.05, 0) is 13.3 Å². The minimum Gasteiger partial charge on any atom is -0.479 e. The second-order valence-corrected chi connectivity index (χ2v) is 3.77. The van der Waals surface area contributed by atoms with Crippen molar-refractivity contribution in [2.24, 2.45) is 11.5 Å². The zero-order valence-electron chi connectivity index (χ0n) is 9.61. The van der Waals surface area contributed by atoms with Crippen LogP contribution in [0.15, 0.2) is 0 Å². The highest BCUT2D eigenvalue weighted by Gasteiger charge is 2.53. The summed E-state index contributed by atoms with van der Waals surface area (Å²) in [5.41, 5.74) is 7.77. The van der Waals surface area contributed by atoms with Gasteiger partial charge in [-0.15, -0.1) is 0 Å². The van der Waals surface area contributed by atoms with Crippen molar-refractivity contribution in [1.82, 2.24) is 5.32 Å². The lowest BCUT2D eigenvalue weighted by molar-refractivity contribution is -0.157. The average Bonchev–Trinajstić information content (AvgIpc) is 2.23. The molecule has 0 aromatic carbocycles. The lowest BCUT2D eigenvalue weighted by atomic mass is 9.88. The second-order valence-electron chi connectivity index (χ2n) is 3.77. The molecule has 0 spiro atoms. The number of carbonyl (C=O) groups excluding carboxylic acids is 1. The molecule has 8 heteroatoms. The molecule has 17 heavy (non-hydrogen) atoms. The first-order valence-corrected chi connectivity index (χ1v) is 5.04. The van der Waals surface area contributed by atoms with Crippen LogP contribution in [0, 0.1) is 0 Å². The number of nitrogens with one attached hydrogen (secondary N) is 1. The van der Waals surface area contributed by atoms with Gasteiger partial charge in [-0.2, -0.15) is 0 Å². The fraction of sp³-hybridized carbons (Fsp3) is 0.778. The van der Waals surface area contributed by atoms with Crippen molar-refractivity contribution in [2.45, 2.75) is 44.3 Å². The van der Waals surface area contributed by atoms with Gasteiger partial charge in [0, 0.05) is 6.04 Å². The lowest BCUT2D eigenvalue weighted by Gasteiger charge is -2.34. The van der Waals surface area contributed by atoms with Gasteiger partial charge < -0.3 is 21.9 Å². The fourth-order valence-corrected chi connectivity index (χ4v) is 1.25. The maximum Gasteiger partial charge on any atom is 0.337 e. The van der Waals surface area contributed by atoms with Gasteiger partial charge in [-0.3, -0.25) is 4.79 Å². The molecule has 0 saturated heterocycles. The molecular formula is C9H17F2N3O3. The molecule has 3 atom stereocenters. The zero-order valence-corrected chi connectivity index (χ0v) is 9.61. The Hall–Kier alpha value is -1.28. The smallest absolute Gasteiger partial charge is 0.337 e. The zero-order chi connectivity index (χ0) is 13.8. The number of alkyl halides is 2. The largest absolute Gasteiger partial charge is 0.479 e. The molecule has 0 aromatic rings. The maximum atomic E-state index is 12.9. The Labute approximate surface area is 97.3 Å². The molecule has 1 amide bonds. The van der Waals surface area contributed by atoms with E-state index >= 15 is 0 Å². The minimum atomic E-state index is -3.34. The standard InChI is InChI=1S/C9H17F2N3O3/c1-3-5(13)9(7(10)11,8(16)17)14-6(15)4(2)12/h4-5,7H,3,12-13H2,1-2H3,(H,14,15)(H,16,17). The van der Waals surface area contributed by atoms with Crippen LogP contribution in [0.5, 0.6) is 0 Å². The van der Waals surface area contributed by atoms with E-state index in [1.54, 1.807) is 5.32 Å². The van der Waals surface area contributed by atoms with Crippen LogP contribution in [-0.4, -0.2) is 41.0 Å². The van der Waals surface area contributed by atoms with Gasteiger partial charge in [-0.1, -0.05) is 6.92 Å². The Kier molecular flexibility index (Phi) is 5.43. The molecule has 0 aliphatic heterocycles. The third-order valence-electron chi connectivity index (χ3n) is 2.47. The maximum absolute atomic E-state index is 12.9. The normalized spacial score (nSPS) is 18.3. The van der Waals surface area contributed by atoms with Crippen molar-refractivity contribution in [3.63, 3.8) is 0 Å². The first-order valence-electron chi connectivity index (χ1n) is 5.04. The van der Waals surface area contributed by atoms with Crippen molar-refractivity contribution < 1.29 is 23.5 Å². The Morgan fingerprint density at radius 1 is 1.41 bits per heavy atom. The van der Waals surface area contributed by atoms with Gasteiger partial charge in [0.05, 0.1) is 6.04 Å². The number of aliphatic carboxylic acids is 1. The number of hydrogen-bond donors (Lipinski definition) is 4. The number of carboxylic acids is 1. The van der Waals surface area contributed by atoms with E-state index in [0.29, 0.717) is 0 Å². The highest BCUT2D eigenvalue weighted by molar-refractivity contribution is 5.90. The van der Waals surface area contributed by atoms with Crippen LogP contribution in [0.2, 0.25) is 0 Å². The molecule has 6 nitrogen and oxygen atoms in total. The van der Waals surface area contributed by atoms with E-state index < -0.39 is 35.9 Å². The van der Waals surface area contributed by atoms with Crippen LogP contribution in [0.3, 0.4) is 0 Å². The second kappa shape index (κ2) is 5.87. The van der Waals surface area contributed by atoms with E-state index in [2.05, 4.69) is 0 Å². The van der Waals surface area contributed by atoms with Crippen molar-refractivity contribution in [3.8, 4) is 0 Å². The van der Waals surface area contributed by atoms with Gasteiger partial charge in [0.15, 0.2) is 0 Å². The number of carboxylic acid groups (broad SMARTS) is 1. The highest BCUT2D eigenvalue weighted by Crippen LogP contribution is 2.22. The predicted octanol–water partition coefficient (Wildman–Crippen LogP) is -0.724. The summed E-state index contributed by atoms with van der Waals surface area (Å²) in [5.74, 6) is -2.87. The molecule has 0 aliphatic carbocycles. The van der Waals surface area contributed by atoms with Crippen LogP contribution < -0.4 is 16.8 Å². The molecule has 3 unspecified atom stereocenters. The van der Waals surface area contributed by atoms with Crippen molar-refractivity contribution in [3.05, 3.63) is 0 Å². The summed E-state index contributed by atoms with van der Waals surface area (Å²) >= 11 is 0. The van der Waals surface area contributed by atoms with Crippen LogP contribution in [0.25, 0.3) is 0 Å². The number of halogens is 2. The van der Waals surface area contributed by atoms with Gasteiger partial charge in [0.1, 0.15) is 0 Å². The number of rotatable bonds is 6. The molecule has 6 N–H and O–H groups in total. The predicted molar refractivity (Wildman–Crippen MR) is 56.4 cm³/mol. The van der Waals surface area contributed by atoms with Gasteiger partial charge in [0.25, 0.3) is 6.43 Å². The van der Waals surface area contributed by atoms with Gasteiger partial charge in [0.2, 0.25) is 11.4 Å². The molecule has 0 heterocycles. The molecule has 100 valence electrons. The Balaban J connectivity index is 5.34. The Morgan fingerprint density at radius 3 is 2.12 bits per heavy atom. The van der Waals surface area contributed by atoms with Crippen molar-refractivity contribution in [2.75, 3.05) is 0 Å². The monoisotopic (exact) mass is 253 g/mol. The topological polar surface area (TPSA) is 118 Å². The Morgan fingerprint density at radius 2 is 1.88 bits per heavy atom. The molecule has 0 aromatic heterocycles. The van der Waals surface area contributed by atoms with Gasteiger partial charge >= 0.3 is 5.97 Å². The molecular weight excluding hydrogens is 236 g/mol. The molecule has 0 rings (SSSR count). The molecule has 0 radical (unpaired) electrons. The van der Waals surface area contributed by atoms with E-state index in [9.17, 15) is 18.4 Å². The van der Waals surface area contributed by atoms with Crippen molar-refractivity contribution >= 4 is 11.9 Å². The average molecular weight is 253 g/mol. The van der Waals surface area contributed by atoms with Crippen LogP contribution >= 0.6 is 0 Å². The molecule has 0 saturated carbocycles. The quantitative estimate of drug-likeness (QED) is 0.498. The number of carbonyl (C=O) groups is 2. The summed E-state index contributed by atoms with van der Waals surface area (Å²) in [6.07, 6.45) is -3.37. The van der Waals surface area contributed by atoms with E-state index in [1.807, 2.05) is 0 Å². The van der Waals surface area contributed by atoms with E-state index in [0.717, 1.165) is 0 Å². The third kappa shape index (κ3) is 3.10. The first-order chi connectivity index (χ1) is 7.70. The summed E-state index contributed by atoms with van der Waals surface area (Å²) in [5, 5.41) is 10.7. The number of hydrogen-bond acceptors (Lipinski definition) is 4. The summed E-state index contributed by atoms with van der Waals surface area (Å²) in [7, 11) is 0. The minimum absolute atomic E-state index is 0.0319. The molecule has 0 aliphatic rings. The van der Waals surface area contributed by atoms with E-state index in [-0.39, 0.29) is 6.42 Å². The summed E-state index contributed by atoms with van der Waals surface area (Å²) in [6.45, 7) is 2.70. The SMILES string of the molecule is CCC(N)C(NC(=O)C(C)N)(C(=O)O)C(F)F. The molecule has 0 fully saturated rings. The number of nitrogens with two attached hydrogens (primary N) is 2. The molecule has 0 bridgehead atoms. The lowest BCUT2D eigenvalue weighted by Crippen LogP contribution is -2.70. The first kappa shape index (κ1) is 15.7. The Bertz CT molecular complexity index is 299.